The van der Waals surface area contributed by atoms with Crippen LogP contribution in [0.2, 0.25) is 0 Å². The van der Waals surface area contributed by atoms with Gasteiger partial charge in [-0.05, 0) is 31.0 Å². The van der Waals surface area contributed by atoms with Gasteiger partial charge in [-0.3, -0.25) is 9.59 Å². The number of carbonyl (C=O) groups is 2. The maximum atomic E-state index is 12.4. The van der Waals surface area contributed by atoms with E-state index in [0.717, 1.165) is 6.42 Å². The monoisotopic (exact) mass is 285 g/mol. The Balaban J connectivity index is 1.78. The summed E-state index contributed by atoms with van der Waals surface area (Å²) >= 11 is 0. The molecule has 0 aliphatic carbocycles. The second kappa shape index (κ2) is 5.23. The molecule has 2 aliphatic rings. The number of anilines is 1. The third kappa shape index (κ3) is 2.39. The summed E-state index contributed by atoms with van der Waals surface area (Å²) in [6.45, 7) is 0. The van der Waals surface area contributed by atoms with E-state index in [-0.39, 0.29) is 18.1 Å². The number of carbonyl (C=O) groups excluding carboxylic acids is 1. The zero-order chi connectivity index (χ0) is 15.0. The first kappa shape index (κ1) is 13.7. The van der Waals surface area contributed by atoms with E-state index in [1.165, 1.54) is 0 Å². The highest BCUT2D eigenvalue weighted by atomic mass is 16.5. The second-order valence-corrected chi connectivity index (χ2v) is 5.39. The lowest BCUT2D eigenvalue weighted by molar-refractivity contribution is -0.147. The first-order valence-electron chi connectivity index (χ1n) is 6.86. The van der Waals surface area contributed by atoms with Crippen LogP contribution in [0.25, 0.3) is 0 Å². The van der Waals surface area contributed by atoms with Gasteiger partial charge in [0.1, 0.15) is 0 Å². The van der Waals surface area contributed by atoms with Crippen LogP contribution in [0.5, 0.6) is 0 Å². The Bertz CT molecular complexity index is 633. The number of benzene rings is 1. The van der Waals surface area contributed by atoms with Gasteiger partial charge in [-0.2, -0.15) is 0 Å². The van der Waals surface area contributed by atoms with Gasteiger partial charge >= 0.3 is 5.97 Å². The average Bonchev–Trinajstić information content (AvgIpc) is 3.07. The number of terminal acetylenes is 1. The molecular formula is C16H15NO4. The van der Waals surface area contributed by atoms with E-state index in [9.17, 15) is 14.7 Å². The summed E-state index contributed by atoms with van der Waals surface area (Å²) in [6.07, 6.45) is 6.12. The van der Waals surface area contributed by atoms with E-state index in [1.54, 1.807) is 24.3 Å². The summed E-state index contributed by atoms with van der Waals surface area (Å²) in [5, 5.41) is 12.1. The van der Waals surface area contributed by atoms with Crippen molar-refractivity contribution in [3.63, 3.8) is 0 Å². The van der Waals surface area contributed by atoms with Crippen LogP contribution in [0, 0.1) is 24.2 Å². The highest BCUT2D eigenvalue weighted by Crippen LogP contribution is 2.44. The van der Waals surface area contributed by atoms with Gasteiger partial charge in [0.2, 0.25) is 5.91 Å². The van der Waals surface area contributed by atoms with Gasteiger partial charge in [0.25, 0.3) is 0 Å². The molecule has 3 rings (SSSR count). The summed E-state index contributed by atoms with van der Waals surface area (Å²) in [5.74, 6) is -0.202. The van der Waals surface area contributed by atoms with Crippen molar-refractivity contribution in [1.29, 1.82) is 0 Å². The van der Waals surface area contributed by atoms with Crippen molar-refractivity contribution in [3.8, 4) is 12.3 Å². The van der Waals surface area contributed by atoms with Crippen LogP contribution in [-0.4, -0.2) is 29.2 Å². The lowest BCUT2D eigenvalue weighted by Crippen LogP contribution is -2.40. The lowest BCUT2D eigenvalue weighted by Gasteiger charge is -2.23. The molecule has 1 aromatic rings. The highest BCUT2D eigenvalue weighted by Gasteiger charge is 2.55. The molecule has 2 heterocycles. The fourth-order valence-corrected chi connectivity index (χ4v) is 3.24. The molecule has 5 heteroatoms. The number of aliphatic carboxylic acids is 1. The number of nitrogens with one attached hydrogen (secondary N) is 1. The predicted octanol–water partition coefficient (Wildman–Crippen LogP) is 1.48. The van der Waals surface area contributed by atoms with Gasteiger partial charge in [0.05, 0.1) is 24.0 Å². The van der Waals surface area contributed by atoms with E-state index in [1.807, 2.05) is 0 Å². The minimum absolute atomic E-state index is 0.299. The third-order valence-electron chi connectivity index (χ3n) is 4.16. The van der Waals surface area contributed by atoms with E-state index in [0.29, 0.717) is 17.7 Å². The Hall–Kier alpha value is -2.32. The average molecular weight is 285 g/mol. The molecule has 2 unspecified atom stereocenters. The van der Waals surface area contributed by atoms with Gasteiger partial charge in [0.15, 0.2) is 0 Å². The van der Waals surface area contributed by atoms with Gasteiger partial charge in [-0.25, -0.2) is 0 Å². The van der Waals surface area contributed by atoms with Crippen molar-refractivity contribution in [3.05, 3.63) is 29.8 Å². The molecule has 4 atom stereocenters. The standard InChI is InChI=1S/C16H15NO4/c1-2-9-4-3-5-10(8-9)17-15(18)13-11-6-7-12(21-11)14(13)16(19)20/h1,3-5,8,11-14H,6-7H2,(H,17,18)(H,19,20)/t11-,12+,13?,14?/m1/s1. The molecule has 2 fully saturated rings. The normalized spacial score (nSPS) is 29.9. The molecule has 0 aromatic heterocycles. The summed E-state index contributed by atoms with van der Waals surface area (Å²) in [4.78, 5) is 23.8. The maximum absolute atomic E-state index is 12.4. The molecular weight excluding hydrogens is 270 g/mol. The van der Waals surface area contributed by atoms with Gasteiger partial charge in [0, 0.05) is 11.3 Å². The van der Waals surface area contributed by atoms with Crippen LogP contribution in [0.15, 0.2) is 24.3 Å². The van der Waals surface area contributed by atoms with Crippen molar-refractivity contribution in [2.75, 3.05) is 5.32 Å². The quantitative estimate of drug-likeness (QED) is 0.825. The lowest BCUT2D eigenvalue weighted by atomic mass is 9.78. The van der Waals surface area contributed by atoms with E-state index < -0.39 is 17.8 Å². The minimum atomic E-state index is -0.972. The maximum Gasteiger partial charge on any atom is 0.310 e. The summed E-state index contributed by atoms with van der Waals surface area (Å²) < 4.78 is 5.59. The summed E-state index contributed by atoms with van der Waals surface area (Å²) in [5.41, 5.74) is 1.23. The fourth-order valence-electron chi connectivity index (χ4n) is 3.24. The van der Waals surface area contributed by atoms with Crippen LogP contribution in [-0.2, 0) is 14.3 Å². The Kier molecular flexibility index (Phi) is 3.40. The number of fused-ring (bicyclic) bond motifs is 2. The molecule has 2 saturated heterocycles. The number of hydrogen-bond donors (Lipinski definition) is 2. The molecule has 1 aromatic carbocycles. The molecule has 2 bridgehead atoms. The summed E-state index contributed by atoms with van der Waals surface area (Å²) in [6, 6.07) is 6.91. The zero-order valence-electron chi connectivity index (χ0n) is 11.3. The van der Waals surface area contributed by atoms with Crippen LogP contribution in [0.4, 0.5) is 5.69 Å². The van der Waals surface area contributed by atoms with Crippen molar-refractivity contribution in [1.82, 2.24) is 0 Å². The Morgan fingerprint density at radius 3 is 2.67 bits per heavy atom. The zero-order valence-corrected chi connectivity index (χ0v) is 11.3. The van der Waals surface area contributed by atoms with Gasteiger partial charge < -0.3 is 15.2 Å². The molecule has 0 radical (unpaired) electrons. The predicted molar refractivity (Wildman–Crippen MR) is 75.5 cm³/mol. The van der Waals surface area contributed by atoms with Crippen LogP contribution in [0.3, 0.4) is 0 Å². The van der Waals surface area contributed by atoms with Crippen molar-refractivity contribution in [2.24, 2.45) is 11.8 Å². The molecule has 21 heavy (non-hydrogen) atoms. The molecule has 0 spiro atoms. The largest absolute Gasteiger partial charge is 0.481 e. The molecule has 0 saturated carbocycles. The molecule has 108 valence electrons. The van der Waals surface area contributed by atoms with Gasteiger partial charge in [-0.1, -0.05) is 12.0 Å². The number of amides is 1. The minimum Gasteiger partial charge on any atom is -0.481 e. The van der Waals surface area contributed by atoms with Crippen LogP contribution < -0.4 is 5.32 Å². The Morgan fingerprint density at radius 2 is 2.00 bits per heavy atom. The highest BCUT2D eigenvalue weighted by molar-refractivity contribution is 5.96. The van der Waals surface area contributed by atoms with E-state index in [4.69, 9.17) is 11.2 Å². The first-order valence-corrected chi connectivity index (χ1v) is 6.86. The number of carboxylic acids is 1. The summed E-state index contributed by atoms with van der Waals surface area (Å²) in [7, 11) is 0. The number of ether oxygens (including phenoxy) is 1. The molecule has 5 nitrogen and oxygen atoms in total. The first-order chi connectivity index (χ1) is 10.1. The smallest absolute Gasteiger partial charge is 0.310 e. The number of hydrogen-bond acceptors (Lipinski definition) is 3. The van der Waals surface area contributed by atoms with Crippen molar-refractivity contribution in [2.45, 2.75) is 25.0 Å². The molecule has 1 amide bonds. The number of rotatable bonds is 3. The van der Waals surface area contributed by atoms with E-state index >= 15 is 0 Å². The Labute approximate surface area is 122 Å². The van der Waals surface area contributed by atoms with Crippen LogP contribution >= 0.6 is 0 Å². The van der Waals surface area contributed by atoms with E-state index in [2.05, 4.69) is 11.2 Å². The Morgan fingerprint density at radius 1 is 1.29 bits per heavy atom. The second-order valence-electron chi connectivity index (χ2n) is 5.39. The SMILES string of the molecule is C#Cc1cccc(NC(=O)C2C(C(=O)O)[C@@H]3CC[C@H]2O3)c1. The van der Waals surface area contributed by atoms with Crippen molar-refractivity contribution >= 4 is 17.6 Å². The topological polar surface area (TPSA) is 75.6 Å². The van der Waals surface area contributed by atoms with Crippen molar-refractivity contribution < 1.29 is 19.4 Å². The fraction of sp³-hybridized carbons (Fsp3) is 0.375. The van der Waals surface area contributed by atoms with Crippen LogP contribution in [0.1, 0.15) is 18.4 Å². The third-order valence-corrected chi connectivity index (χ3v) is 4.16. The molecule has 2 aliphatic heterocycles. The molecule has 2 N–H and O–H groups in total. The van der Waals surface area contributed by atoms with Gasteiger partial charge in [-0.15, -0.1) is 6.42 Å². The number of carboxylic acid groups (broad SMARTS) is 1.